The second kappa shape index (κ2) is 10.7. The summed E-state index contributed by atoms with van der Waals surface area (Å²) in [4.78, 5) is 21.6. The number of aryl methyl sites for hydroxylation is 3. The molecular weight excluding hydrogens is 514 g/mol. The summed E-state index contributed by atoms with van der Waals surface area (Å²) >= 11 is 6.33. The smallest absolute Gasteiger partial charge is 0.253 e. The second-order valence-electron chi connectivity index (χ2n) is 10.7. The molecule has 0 spiro atoms. The van der Waals surface area contributed by atoms with Gasteiger partial charge in [0, 0.05) is 49.1 Å². The maximum absolute atomic E-state index is 13.7. The Hall–Kier alpha value is -3.27. The summed E-state index contributed by atoms with van der Waals surface area (Å²) in [5.74, 6) is 0.673. The van der Waals surface area contributed by atoms with Gasteiger partial charge in [0.05, 0.1) is 18.2 Å². The number of anilines is 1. The van der Waals surface area contributed by atoms with Crippen molar-refractivity contribution >= 4 is 28.2 Å². The molecule has 2 aromatic heterocycles. The van der Waals surface area contributed by atoms with Crippen LogP contribution in [0.2, 0.25) is 5.02 Å². The van der Waals surface area contributed by atoms with Crippen molar-refractivity contribution in [2.75, 3.05) is 37.7 Å². The van der Waals surface area contributed by atoms with Crippen LogP contribution in [0.4, 0.5) is 5.69 Å². The number of piperazine rings is 1. The third kappa shape index (κ3) is 5.06. The minimum atomic E-state index is -0.390. The van der Waals surface area contributed by atoms with Crippen LogP contribution >= 0.6 is 11.6 Å². The van der Waals surface area contributed by atoms with Crippen LogP contribution in [0, 0.1) is 20.8 Å². The molecule has 2 aliphatic rings. The summed E-state index contributed by atoms with van der Waals surface area (Å²) < 4.78 is 7.72. The number of nitrogens with one attached hydrogen (secondary N) is 1. The van der Waals surface area contributed by atoms with Gasteiger partial charge in [0.2, 0.25) is 0 Å². The Balaban J connectivity index is 1.38. The molecule has 2 fully saturated rings. The molecule has 0 aliphatic carbocycles. The number of hydrogen-bond acceptors (Lipinski definition) is 7. The fraction of sp³-hybridized carbons (Fsp3) is 0.448. The van der Waals surface area contributed by atoms with E-state index in [-0.39, 0.29) is 11.7 Å². The van der Waals surface area contributed by atoms with E-state index in [1.807, 2.05) is 29.8 Å². The highest BCUT2D eigenvalue weighted by molar-refractivity contribution is 6.30. The number of rotatable bonds is 6. The van der Waals surface area contributed by atoms with Gasteiger partial charge in [-0.05, 0) is 84.3 Å². The third-order valence-corrected chi connectivity index (χ3v) is 8.51. The number of nitrogens with zero attached hydrogens (tertiary/aromatic N) is 6. The number of aromatic amines is 1. The number of halogens is 1. The first-order valence-electron chi connectivity index (χ1n) is 13.6. The van der Waals surface area contributed by atoms with E-state index in [1.54, 1.807) is 0 Å². The monoisotopic (exact) mass is 547 g/mol. The van der Waals surface area contributed by atoms with Crippen LogP contribution in [0.1, 0.15) is 47.0 Å². The van der Waals surface area contributed by atoms with E-state index in [9.17, 15) is 4.79 Å². The van der Waals surface area contributed by atoms with E-state index >= 15 is 0 Å². The summed E-state index contributed by atoms with van der Waals surface area (Å²) in [5.41, 5.74) is 6.00. The zero-order valence-corrected chi connectivity index (χ0v) is 23.4. The number of pyridine rings is 1. The Kier molecular flexibility index (Phi) is 7.14. The van der Waals surface area contributed by atoms with E-state index in [4.69, 9.17) is 16.3 Å². The van der Waals surface area contributed by atoms with Crippen LogP contribution in [-0.2, 0) is 11.3 Å². The molecular formula is C29H34ClN7O2. The van der Waals surface area contributed by atoms with Gasteiger partial charge in [0.25, 0.3) is 5.56 Å². The lowest BCUT2D eigenvalue weighted by Gasteiger charge is -2.40. The molecule has 2 atom stereocenters. The van der Waals surface area contributed by atoms with Gasteiger partial charge in [0.1, 0.15) is 6.04 Å². The molecule has 0 unspecified atom stereocenters. The van der Waals surface area contributed by atoms with Crippen molar-refractivity contribution in [3.8, 4) is 0 Å². The van der Waals surface area contributed by atoms with Crippen LogP contribution in [0.5, 0.6) is 0 Å². The first-order chi connectivity index (χ1) is 18.9. The second-order valence-corrected chi connectivity index (χ2v) is 11.2. The van der Waals surface area contributed by atoms with E-state index in [0.717, 1.165) is 78.4 Å². The average molecular weight is 548 g/mol. The molecule has 10 heteroatoms. The van der Waals surface area contributed by atoms with Crippen molar-refractivity contribution in [2.45, 2.75) is 52.3 Å². The number of tetrazole rings is 1. The standard InChI is InChI=1S/C29H34ClN7O2/c1-18-6-8-21-15-24(29(38)31-26(21)20(18)3)27(28-32-33-34-37(28)17-23-5-4-14-39-23)36-12-10-35(11-13-36)25-16-22(30)9-7-19(25)2/h6-9,15-16,23,27H,4-5,10-14,17H2,1-3H3,(H,31,38)/t23-,27+/m1/s1. The van der Waals surface area contributed by atoms with Crippen LogP contribution in [0.3, 0.4) is 0 Å². The Morgan fingerprint density at radius 3 is 2.64 bits per heavy atom. The predicted octanol–water partition coefficient (Wildman–Crippen LogP) is 4.18. The van der Waals surface area contributed by atoms with Crippen LogP contribution in [-0.4, -0.2) is 69.0 Å². The number of ether oxygens (including phenoxy) is 1. The Morgan fingerprint density at radius 1 is 1.08 bits per heavy atom. The first-order valence-corrected chi connectivity index (χ1v) is 14.0. The van der Waals surface area contributed by atoms with Crippen LogP contribution in [0.25, 0.3) is 10.9 Å². The summed E-state index contributed by atoms with van der Waals surface area (Å²) in [7, 11) is 0. The maximum Gasteiger partial charge on any atom is 0.253 e. The van der Waals surface area contributed by atoms with Gasteiger partial charge in [-0.15, -0.1) is 5.10 Å². The lowest BCUT2D eigenvalue weighted by atomic mass is 9.99. The van der Waals surface area contributed by atoms with Crippen LogP contribution in [0.15, 0.2) is 41.2 Å². The molecule has 4 aromatic rings. The average Bonchev–Trinajstić information content (AvgIpc) is 3.62. The first kappa shape index (κ1) is 26.0. The van der Waals surface area contributed by atoms with Gasteiger partial charge in [-0.1, -0.05) is 29.8 Å². The highest BCUT2D eigenvalue weighted by Gasteiger charge is 2.34. The predicted molar refractivity (Wildman–Crippen MR) is 153 cm³/mol. The van der Waals surface area contributed by atoms with Crippen molar-refractivity contribution in [1.29, 1.82) is 0 Å². The molecule has 1 N–H and O–H groups in total. The molecule has 0 saturated carbocycles. The fourth-order valence-electron chi connectivity index (χ4n) is 5.91. The van der Waals surface area contributed by atoms with Gasteiger partial charge in [0.15, 0.2) is 5.82 Å². The van der Waals surface area contributed by atoms with Crippen molar-refractivity contribution in [3.63, 3.8) is 0 Å². The number of hydrogen-bond donors (Lipinski definition) is 1. The topological polar surface area (TPSA) is 92.2 Å². The molecule has 39 heavy (non-hydrogen) atoms. The molecule has 6 rings (SSSR count). The minimum absolute atomic E-state index is 0.0797. The van der Waals surface area contributed by atoms with Gasteiger partial charge < -0.3 is 14.6 Å². The van der Waals surface area contributed by atoms with E-state index in [0.29, 0.717) is 17.9 Å². The molecule has 2 aromatic carbocycles. The summed E-state index contributed by atoms with van der Waals surface area (Å²) in [6, 6.07) is 11.8. The molecule has 0 amide bonds. The molecule has 2 saturated heterocycles. The summed E-state index contributed by atoms with van der Waals surface area (Å²) in [6.07, 6.45) is 2.10. The quantitative estimate of drug-likeness (QED) is 0.387. The highest BCUT2D eigenvalue weighted by atomic mass is 35.5. The lowest BCUT2D eigenvalue weighted by molar-refractivity contribution is 0.0906. The minimum Gasteiger partial charge on any atom is -0.376 e. The van der Waals surface area contributed by atoms with Crippen molar-refractivity contribution in [3.05, 3.63) is 79.9 Å². The van der Waals surface area contributed by atoms with Gasteiger partial charge >= 0.3 is 0 Å². The molecule has 9 nitrogen and oxygen atoms in total. The maximum atomic E-state index is 13.7. The number of fused-ring (bicyclic) bond motifs is 1. The number of H-pyrrole nitrogens is 1. The third-order valence-electron chi connectivity index (χ3n) is 8.27. The van der Waals surface area contributed by atoms with Gasteiger partial charge in [-0.3, -0.25) is 9.69 Å². The van der Waals surface area contributed by atoms with Crippen molar-refractivity contribution in [2.24, 2.45) is 0 Å². The molecule has 4 heterocycles. The summed E-state index contributed by atoms with van der Waals surface area (Å²) in [6.45, 7) is 10.6. The molecule has 0 bridgehead atoms. The van der Waals surface area contributed by atoms with E-state index in [2.05, 4.69) is 62.4 Å². The largest absolute Gasteiger partial charge is 0.376 e. The van der Waals surface area contributed by atoms with E-state index < -0.39 is 6.04 Å². The van der Waals surface area contributed by atoms with Crippen molar-refractivity contribution < 1.29 is 4.74 Å². The zero-order valence-electron chi connectivity index (χ0n) is 22.7. The molecule has 204 valence electrons. The SMILES string of the molecule is Cc1ccc(Cl)cc1N1CCN([C@@H](c2cc3ccc(C)c(C)c3[nH]c2=O)c2nnnn2C[C@H]2CCCO2)CC1. The lowest BCUT2D eigenvalue weighted by Crippen LogP contribution is -2.49. The molecule has 0 radical (unpaired) electrons. The van der Waals surface area contributed by atoms with Gasteiger partial charge in [-0.2, -0.15) is 0 Å². The number of benzene rings is 2. The van der Waals surface area contributed by atoms with Crippen LogP contribution < -0.4 is 10.5 Å². The summed E-state index contributed by atoms with van der Waals surface area (Å²) in [5, 5.41) is 14.6. The highest BCUT2D eigenvalue weighted by Crippen LogP contribution is 2.31. The fourth-order valence-corrected chi connectivity index (χ4v) is 6.07. The molecule has 2 aliphatic heterocycles. The van der Waals surface area contributed by atoms with E-state index in [1.165, 1.54) is 5.56 Å². The Labute approximate surface area is 232 Å². The Bertz CT molecular complexity index is 1550. The van der Waals surface area contributed by atoms with Gasteiger partial charge in [-0.25, -0.2) is 4.68 Å². The Morgan fingerprint density at radius 2 is 1.87 bits per heavy atom. The zero-order chi connectivity index (χ0) is 27.1. The van der Waals surface area contributed by atoms with Crippen molar-refractivity contribution in [1.82, 2.24) is 30.1 Å². The number of aromatic nitrogens is 5. The normalized spacial score (nSPS) is 19.2.